The molecule has 0 aliphatic carbocycles. The maximum absolute atomic E-state index is 11.3. The molecule has 0 aliphatic heterocycles. The van der Waals surface area contributed by atoms with Crippen molar-refractivity contribution in [3.05, 3.63) is 63.6 Å². The number of rotatable bonds is 12. The van der Waals surface area contributed by atoms with Gasteiger partial charge in [0, 0.05) is 24.7 Å². The lowest BCUT2D eigenvalue weighted by Gasteiger charge is -2.13. The first-order valence-corrected chi connectivity index (χ1v) is 12.0. The first kappa shape index (κ1) is 27.3. The number of halogens is 1. The van der Waals surface area contributed by atoms with Gasteiger partial charge in [-0.15, -0.1) is 0 Å². The molecule has 2 rings (SSSR count). The molecule has 2 aromatic carbocycles. The second-order valence-electron chi connectivity index (χ2n) is 7.26. The maximum Gasteiger partial charge on any atom is 0.333 e. The second-order valence-corrected chi connectivity index (χ2v) is 8.11. The third kappa shape index (κ3) is 9.12. The van der Waals surface area contributed by atoms with E-state index < -0.39 is 12.1 Å². The summed E-state index contributed by atoms with van der Waals surface area (Å²) in [4.78, 5) is 11.3. The monoisotopic (exact) mass is 530 g/mol. The fourth-order valence-corrected chi connectivity index (χ4v) is 3.58. The molecule has 0 spiro atoms. The van der Waals surface area contributed by atoms with Crippen LogP contribution in [0.2, 0.25) is 0 Å². The van der Waals surface area contributed by atoms with Gasteiger partial charge in [-0.2, -0.15) is 0 Å². The minimum absolute atomic E-state index is 0.284. The molecule has 0 saturated heterocycles. The van der Waals surface area contributed by atoms with Gasteiger partial charge in [-0.25, -0.2) is 4.79 Å². The molecule has 1 N–H and O–H groups in total. The lowest BCUT2D eigenvalue weighted by molar-refractivity contribution is -0.149. The summed E-state index contributed by atoms with van der Waals surface area (Å²) in [6.07, 6.45) is 1.32. The second kappa shape index (κ2) is 14.3. The van der Waals surface area contributed by atoms with E-state index in [-0.39, 0.29) is 6.42 Å². The summed E-state index contributed by atoms with van der Waals surface area (Å²) in [7, 11) is 0. The van der Waals surface area contributed by atoms with Crippen LogP contribution in [0.5, 0.6) is 17.2 Å². The molecular weight excluding hydrogens is 500 g/mol. The quantitative estimate of drug-likeness (QED) is 0.357. The SMILES string of the molecule is CCOc1cc(C#C/C(C)=C\COc2ccc(CC(OCC)C(=O)O)cc2Br)cc(OCC)c1. The van der Waals surface area contributed by atoms with E-state index in [1.54, 1.807) is 6.92 Å². The molecule has 2 aromatic rings. The van der Waals surface area contributed by atoms with Gasteiger partial charge in [-0.1, -0.05) is 17.9 Å². The van der Waals surface area contributed by atoms with Crippen LogP contribution in [0.3, 0.4) is 0 Å². The predicted molar refractivity (Wildman–Crippen MR) is 136 cm³/mol. The van der Waals surface area contributed by atoms with Crippen molar-refractivity contribution in [1.29, 1.82) is 0 Å². The summed E-state index contributed by atoms with van der Waals surface area (Å²) < 4.78 is 23.1. The van der Waals surface area contributed by atoms with Crippen molar-refractivity contribution in [3.8, 4) is 29.1 Å². The van der Waals surface area contributed by atoms with Gasteiger partial charge in [0.15, 0.2) is 6.10 Å². The Morgan fingerprint density at radius 2 is 1.71 bits per heavy atom. The highest BCUT2D eigenvalue weighted by atomic mass is 79.9. The number of carboxylic acids is 1. The molecular formula is C27H31BrO6. The Kier molecular flexibility index (Phi) is 11.5. The summed E-state index contributed by atoms with van der Waals surface area (Å²) in [6.45, 7) is 9.40. The lowest BCUT2D eigenvalue weighted by Crippen LogP contribution is -2.26. The van der Waals surface area contributed by atoms with Gasteiger partial charge in [0.1, 0.15) is 23.9 Å². The van der Waals surface area contributed by atoms with Crippen LogP contribution in [0, 0.1) is 11.8 Å². The third-order valence-corrected chi connectivity index (χ3v) is 5.21. The van der Waals surface area contributed by atoms with Gasteiger partial charge in [-0.05, 0) is 85.1 Å². The largest absolute Gasteiger partial charge is 0.494 e. The molecule has 182 valence electrons. The zero-order chi connectivity index (χ0) is 24.9. The molecule has 0 heterocycles. The highest BCUT2D eigenvalue weighted by molar-refractivity contribution is 9.10. The van der Waals surface area contributed by atoms with Crippen LogP contribution in [-0.4, -0.2) is 43.6 Å². The van der Waals surface area contributed by atoms with Crippen LogP contribution in [0.15, 0.2) is 52.5 Å². The van der Waals surface area contributed by atoms with E-state index in [2.05, 4.69) is 27.8 Å². The average Bonchev–Trinajstić information content (AvgIpc) is 2.79. The Morgan fingerprint density at radius 1 is 1.03 bits per heavy atom. The zero-order valence-corrected chi connectivity index (χ0v) is 21.6. The van der Waals surface area contributed by atoms with Crippen molar-refractivity contribution in [3.63, 3.8) is 0 Å². The number of benzene rings is 2. The topological polar surface area (TPSA) is 74.2 Å². The maximum atomic E-state index is 11.3. The molecule has 0 aliphatic rings. The van der Waals surface area contributed by atoms with Gasteiger partial charge in [-0.3, -0.25) is 0 Å². The molecule has 7 heteroatoms. The van der Waals surface area contributed by atoms with Gasteiger partial charge >= 0.3 is 5.97 Å². The van der Waals surface area contributed by atoms with Crippen LogP contribution in [0.4, 0.5) is 0 Å². The van der Waals surface area contributed by atoms with Crippen molar-refractivity contribution in [2.24, 2.45) is 0 Å². The molecule has 0 fully saturated rings. The Morgan fingerprint density at radius 3 is 2.26 bits per heavy atom. The van der Waals surface area contributed by atoms with Crippen LogP contribution < -0.4 is 14.2 Å². The van der Waals surface area contributed by atoms with Crippen molar-refractivity contribution in [1.82, 2.24) is 0 Å². The summed E-state index contributed by atoms with van der Waals surface area (Å²) in [6, 6.07) is 11.1. The van der Waals surface area contributed by atoms with Crippen LogP contribution >= 0.6 is 15.9 Å². The van der Waals surface area contributed by atoms with Gasteiger partial charge in [0.25, 0.3) is 0 Å². The van der Waals surface area contributed by atoms with Crippen molar-refractivity contribution in [2.45, 2.75) is 40.2 Å². The number of hydrogen-bond donors (Lipinski definition) is 1. The van der Waals surface area contributed by atoms with E-state index in [0.717, 1.165) is 32.7 Å². The Bertz CT molecular complexity index is 1030. The standard InChI is InChI=1S/C27H31BrO6/c1-5-31-22-14-20(15-23(18-22)32-6-2)9-8-19(4)12-13-34-25-11-10-21(16-24(25)28)17-26(27(29)30)33-7-3/h10-12,14-16,18,26H,5-7,13,17H2,1-4H3,(H,29,30)/b19-12-. The summed E-state index contributed by atoms with van der Waals surface area (Å²) >= 11 is 3.49. The lowest BCUT2D eigenvalue weighted by atomic mass is 10.1. The highest BCUT2D eigenvalue weighted by Gasteiger charge is 2.18. The minimum atomic E-state index is -0.973. The molecule has 1 unspecified atom stereocenters. The smallest absolute Gasteiger partial charge is 0.333 e. The van der Waals surface area contributed by atoms with E-state index in [9.17, 15) is 9.90 Å². The number of allylic oxidation sites excluding steroid dienone is 1. The summed E-state index contributed by atoms with van der Waals surface area (Å²) in [5.74, 6) is 7.42. The fourth-order valence-electron chi connectivity index (χ4n) is 3.04. The van der Waals surface area contributed by atoms with E-state index in [1.165, 1.54) is 0 Å². The zero-order valence-electron chi connectivity index (χ0n) is 20.0. The average molecular weight is 531 g/mol. The third-order valence-electron chi connectivity index (χ3n) is 4.60. The van der Waals surface area contributed by atoms with Crippen LogP contribution in [-0.2, 0) is 16.0 Å². The molecule has 0 saturated carbocycles. The Hall–Kier alpha value is -2.95. The van der Waals surface area contributed by atoms with E-state index in [0.29, 0.717) is 32.2 Å². The van der Waals surface area contributed by atoms with Crippen LogP contribution in [0.1, 0.15) is 38.8 Å². The number of aliphatic carboxylic acids is 1. The first-order chi connectivity index (χ1) is 16.4. The highest BCUT2D eigenvalue weighted by Crippen LogP contribution is 2.27. The van der Waals surface area contributed by atoms with Crippen molar-refractivity contribution >= 4 is 21.9 Å². The van der Waals surface area contributed by atoms with E-state index in [4.69, 9.17) is 18.9 Å². The fraction of sp³-hybridized carbons (Fsp3) is 0.370. The first-order valence-electron chi connectivity index (χ1n) is 11.2. The molecule has 0 bridgehead atoms. The molecule has 0 amide bonds. The predicted octanol–water partition coefficient (Wildman–Crippen LogP) is 5.66. The molecule has 34 heavy (non-hydrogen) atoms. The molecule has 6 nitrogen and oxygen atoms in total. The molecule has 1 atom stereocenters. The normalized spacial score (nSPS) is 11.9. The summed E-state index contributed by atoms with van der Waals surface area (Å²) in [5, 5.41) is 9.26. The number of carbonyl (C=O) groups is 1. The van der Waals surface area contributed by atoms with Crippen molar-refractivity contribution < 1.29 is 28.8 Å². The van der Waals surface area contributed by atoms with Gasteiger partial charge < -0.3 is 24.1 Å². The molecule has 0 radical (unpaired) electrons. The van der Waals surface area contributed by atoms with Crippen molar-refractivity contribution in [2.75, 3.05) is 26.4 Å². The number of ether oxygens (including phenoxy) is 4. The summed E-state index contributed by atoms with van der Waals surface area (Å²) in [5.41, 5.74) is 2.53. The minimum Gasteiger partial charge on any atom is -0.494 e. The molecule has 0 aromatic heterocycles. The number of hydrogen-bond acceptors (Lipinski definition) is 5. The van der Waals surface area contributed by atoms with Gasteiger partial charge in [0.05, 0.1) is 17.7 Å². The Balaban J connectivity index is 2.01. The van der Waals surface area contributed by atoms with Crippen LogP contribution in [0.25, 0.3) is 0 Å². The number of carboxylic acid groups (broad SMARTS) is 1. The Labute approximate surface area is 210 Å². The van der Waals surface area contributed by atoms with E-state index in [1.807, 2.05) is 63.2 Å². The van der Waals surface area contributed by atoms with E-state index >= 15 is 0 Å². The van der Waals surface area contributed by atoms with Gasteiger partial charge in [0.2, 0.25) is 0 Å².